The fourth-order valence-corrected chi connectivity index (χ4v) is 4.00. The van der Waals surface area contributed by atoms with E-state index in [0.29, 0.717) is 22.8 Å². The van der Waals surface area contributed by atoms with Gasteiger partial charge in [0.15, 0.2) is 11.5 Å². The zero-order chi connectivity index (χ0) is 23.1. The fourth-order valence-electron chi connectivity index (χ4n) is 3.18. The van der Waals surface area contributed by atoms with E-state index < -0.39 is 12.0 Å². The molecule has 3 rings (SSSR count). The van der Waals surface area contributed by atoms with Crippen LogP contribution in [0.1, 0.15) is 23.7 Å². The van der Waals surface area contributed by atoms with Gasteiger partial charge in [0, 0.05) is 10.9 Å². The van der Waals surface area contributed by atoms with Gasteiger partial charge in [-0.3, -0.25) is 9.59 Å². The first kappa shape index (κ1) is 23.1. The van der Waals surface area contributed by atoms with Crippen molar-refractivity contribution >= 4 is 23.2 Å². The van der Waals surface area contributed by atoms with E-state index in [4.69, 9.17) is 14.2 Å². The van der Waals surface area contributed by atoms with Crippen molar-refractivity contribution in [2.45, 2.75) is 18.9 Å². The highest BCUT2D eigenvalue weighted by molar-refractivity contribution is 7.13. The number of benzene rings is 2. The van der Waals surface area contributed by atoms with E-state index in [0.717, 1.165) is 16.3 Å². The lowest BCUT2D eigenvalue weighted by Gasteiger charge is -2.19. The first-order chi connectivity index (χ1) is 15.4. The van der Waals surface area contributed by atoms with Crippen LogP contribution in [0.5, 0.6) is 17.2 Å². The summed E-state index contributed by atoms with van der Waals surface area (Å²) in [4.78, 5) is 28.6. The summed E-state index contributed by atoms with van der Waals surface area (Å²) in [5, 5.41) is 14.7. The van der Waals surface area contributed by atoms with Gasteiger partial charge in [0.1, 0.15) is 10.8 Å². The van der Waals surface area contributed by atoms with Crippen molar-refractivity contribution < 1.29 is 28.9 Å². The van der Waals surface area contributed by atoms with Crippen LogP contribution in [0.2, 0.25) is 0 Å². The SMILES string of the molecule is COc1cccc(-c2nc(CC(=O)N[C@@H](CC(=O)O)c3ccc(OC)c(OC)c3)cs2)c1. The van der Waals surface area contributed by atoms with Crippen molar-refractivity contribution in [3.63, 3.8) is 0 Å². The molecule has 3 aromatic rings. The van der Waals surface area contributed by atoms with Crippen LogP contribution in [0.15, 0.2) is 47.8 Å². The van der Waals surface area contributed by atoms with Crippen molar-refractivity contribution in [1.82, 2.24) is 10.3 Å². The lowest BCUT2D eigenvalue weighted by Crippen LogP contribution is -2.31. The summed E-state index contributed by atoms with van der Waals surface area (Å²) >= 11 is 1.43. The molecule has 0 aliphatic heterocycles. The van der Waals surface area contributed by atoms with E-state index in [9.17, 15) is 14.7 Å². The third kappa shape index (κ3) is 5.76. The minimum atomic E-state index is -1.03. The van der Waals surface area contributed by atoms with Crippen molar-refractivity contribution in [1.29, 1.82) is 0 Å². The molecule has 0 saturated carbocycles. The molecule has 168 valence electrons. The Morgan fingerprint density at radius 2 is 1.84 bits per heavy atom. The van der Waals surface area contributed by atoms with E-state index in [2.05, 4.69) is 10.3 Å². The number of carboxylic acid groups (broad SMARTS) is 1. The molecule has 1 aromatic heterocycles. The predicted molar refractivity (Wildman–Crippen MR) is 120 cm³/mol. The Balaban J connectivity index is 1.73. The van der Waals surface area contributed by atoms with Gasteiger partial charge in [-0.25, -0.2) is 4.98 Å². The average molecular weight is 457 g/mol. The van der Waals surface area contributed by atoms with Crippen molar-refractivity contribution in [3.05, 3.63) is 59.1 Å². The molecule has 2 N–H and O–H groups in total. The maximum atomic E-state index is 12.7. The van der Waals surface area contributed by atoms with Crippen LogP contribution in [0.3, 0.4) is 0 Å². The van der Waals surface area contributed by atoms with Crippen LogP contribution in [0.25, 0.3) is 10.6 Å². The minimum absolute atomic E-state index is 0.0316. The summed E-state index contributed by atoms with van der Waals surface area (Å²) in [5.41, 5.74) is 2.11. The van der Waals surface area contributed by atoms with Gasteiger partial charge < -0.3 is 24.6 Å². The average Bonchev–Trinajstić information content (AvgIpc) is 3.26. The molecule has 0 aliphatic rings. The van der Waals surface area contributed by atoms with Crippen molar-refractivity contribution in [2.75, 3.05) is 21.3 Å². The molecule has 9 heteroatoms. The lowest BCUT2D eigenvalue weighted by molar-refractivity contribution is -0.137. The van der Waals surface area contributed by atoms with Gasteiger partial charge in [-0.15, -0.1) is 11.3 Å². The molecule has 8 nitrogen and oxygen atoms in total. The first-order valence-electron chi connectivity index (χ1n) is 9.75. The van der Waals surface area contributed by atoms with Crippen molar-refractivity contribution in [3.8, 4) is 27.8 Å². The molecule has 1 amide bonds. The molecule has 0 spiro atoms. The number of carboxylic acids is 1. The Morgan fingerprint density at radius 3 is 2.53 bits per heavy atom. The summed E-state index contributed by atoms with van der Waals surface area (Å²) < 4.78 is 15.8. The monoisotopic (exact) mass is 456 g/mol. The van der Waals surface area contributed by atoms with Crippen LogP contribution in [-0.4, -0.2) is 43.3 Å². The molecule has 32 heavy (non-hydrogen) atoms. The molecule has 0 radical (unpaired) electrons. The molecular weight excluding hydrogens is 432 g/mol. The van der Waals surface area contributed by atoms with Gasteiger partial charge >= 0.3 is 5.97 Å². The van der Waals surface area contributed by atoms with Crippen molar-refractivity contribution in [2.24, 2.45) is 0 Å². The molecule has 1 heterocycles. The van der Waals surface area contributed by atoms with Gasteiger partial charge in [0.2, 0.25) is 5.91 Å². The van der Waals surface area contributed by atoms with Crippen LogP contribution >= 0.6 is 11.3 Å². The van der Waals surface area contributed by atoms with Gasteiger partial charge in [0.25, 0.3) is 0 Å². The van der Waals surface area contributed by atoms with Crippen LogP contribution in [0, 0.1) is 0 Å². The highest BCUT2D eigenvalue weighted by Gasteiger charge is 2.21. The summed E-state index contributed by atoms with van der Waals surface area (Å²) in [7, 11) is 4.61. The second-order valence-electron chi connectivity index (χ2n) is 6.89. The number of aromatic nitrogens is 1. The molecule has 0 saturated heterocycles. The number of hydrogen-bond acceptors (Lipinski definition) is 7. The van der Waals surface area contributed by atoms with E-state index >= 15 is 0 Å². The Morgan fingerprint density at radius 1 is 1.06 bits per heavy atom. The van der Waals surface area contributed by atoms with Crippen LogP contribution in [-0.2, 0) is 16.0 Å². The minimum Gasteiger partial charge on any atom is -0.497 e. The number of nitrogens with one attached hydrogen (secondary N) is 1. The zero-order valence-corrected chi connectivity index (χ0v) is 18.8. The number of nitrogens with zero attached hydrogens (tertiary/aromatic N) is 1. The van der Waals surface area contributed by atoms with E-state index in [1.165, 1.54) is 25.6 Å². The van der Waals surface area contributed by atoms with E-state index in [1.807, 2.05) is 29.6 Å². The molecule has 2 aromatic carbocycles. The summed E-state index contributed by atoms with van der Waals surface area (Å²) in [6.45, 7) is 0. The van der Waals surface area contributed by atoms with Gasteiger partial charge in [0.05, 0.1) is 45.9 Å². The molecule has 0 bridgehead atoms. The topological polar surface area (TPSA) is 107 Å². The Labute approximate surface area is 189 Å². The van der Waals surface area contributed by atoms with E-state index in [1.54, 1.807) is 25.3 Å². The normalized spacial score (nSPS) is 11.5. The lowest BCUT2D eigenvalue weighted by atomic mass is 10.0. The number of thiazole rings is 1. The Hall–Kier alpha value is -3.59. The van der Waals surface area contributed by atoms with Crippen LogP contribution < -0.4 is 19.5 Å². The number of amides is 1. The maximum absolute atomic E-state index is 12.7. The predicted octanol–water partition coefficient (Wildman–Crippen LogP) is 3.71. The first-order valence-corrected chi connectivity index (χ1v) is 10.6. The fraction of sp³-hybridized carbons (Fsp3) is 0.261. The summed E-state index contributed by atoms with van der Waals surface area (Å²) in [6.07, 6.45) is -0.239. The van der Waals surface area contributed by atoms with Crippen LogP contribution in [0.4, 0.5) is 0 Å². The van der Waals surface area contributed by atoms with Gasteiger partial charge in [-0.2, -0.15) is 0 Å². The highest BCUT2D eigenvalue weighted by Crippen LogP contribution is 2.31. The van der Waals surface area contributed by atoms with E-state index in [-0.39, 0.29) is 18.7 Å². The smallest absolute Gasteiger partial charge is 0.305 e. The number of methoxy groups -OCH3 is 3. The highest BCUT2D eigenvalue weighted by atomic mass is 32.1. The van der Waals surface area contributed by atoms with Gasteiger partial charge in [-0.1, -0.05) is 18.2 Å². The third-order valence-electron chi connectivity index (χ3n) is 4.73. The maximum Gasteiger partial charge on any atom is 0.305 e. The second-order valence-corrected chi connectivity index (χ2v) is 7.74. The molecule has 0 unspecified atom stereocenters. The summed E-state index contributed by atoms with van der Waals surface area (Å²) in [5.74, 6) is 0.345. The Bertz CT molecular complexity index is 1100. The molecule has 0 fully saturated rings. The number of ether oxygens (including phenoxy) is 3. The quantitative estimate of drug-likeness (QED) is 0.479. The Kier molecular flexibility index (Phi) is 7.67. The molecular formula is C23H24N2O6S. The largest absolute Gasteiger partial charge is 0.497 e. The molecule has 1 atom stereocenters. The third-order valence-corrected chi connectivity index (χ3v) is 5.67. The molecule has 0 aliphatic carbocycles. The number of hydrogen-bond donors (Lipinski definition) is 2. The number of carbonyl (C=O) groups excluding carboxylic acids is 1. The summed E-state index contributed by atoms with van der Waals surface area (Å²) in [6, 6.07) is 11.8. The number of rotatable bonds is 10. The number of aliphatic carboxylic acids is 1. The zero-order valence-electron chi connectivity index (χ0n) is 18.0. The van der Waals surface area contributed by atoms with Gasteiger partial charge in [-0.05, 0) is 29.8 Å². The second kappa shape index (κ2) is 10.6. The number of carbonyl (C=O) groups is 2. The standard InChI is InChI=1S/C23H24N2O6S/c1-29-17-6-4-5-15(9-17)23-24-16(13-32-23)11-21(26)25-18(12-22(27)28)14-7-8-19(30-2)20(10-14)31-3/h4-10,13,18H,11-12H2,1-3H3,(H,25,26)(H,27,28)/t18-/m0/s1.